The molecule has 8 aromatic carbocycles. The number of alkyl halides is 11. The van der Waals surface area contributed by atoms with E-state index in [1.54, 1.807) is 54.0 Å². The Bertz CT molecular complexity index is 7100. The first-order valence-electron chi connectivity index (χ1n) is 41.5. The highest BCUT2D eigenvalue weighted by molar-refractivity contribution is 6.40. The van der Waals surface area contributed by atoms with Crippen molar-refractivity contribution in [2.45, 2.75) is 96.1 Å². The summed E-state index contributed by atoms with van der Waals surface area (Å²) in [6.45, 7) is 2.49. The topological polar surface area (TPSA) is 366 Å². The number of carbonyl (C=O) groups excluding carboxylic acids is 4. The van der Waals surface area contributed by atoms with Crippen molar-refractivity contribution in [1.82, 2.24) is 29.7 Å². The van der Waals surface area contributed by atoms with Crippen LogP contribution in [0.25, 0.3) is 60.7 Å². The third-order valence-corrected chi connectivity index (χ3v) is 22.5. The van der Waals surface area contributed by atoms with Gasteiger partial charge in [-0.2, -0.15) is 49.6 Å². The predicted octanol–water partition coefficient (Wildman–Crippen LogP) is 19.3. The van der Waals surface area contributed by atoms with Crippen molar-refractivity contribution in [3.05, 3.63) is 342 Å². The molecule has 39 heteroatoms. The van der Waals surface area contributed by atoms with Crippen LogP contribution in [0.2, 0.25) is 10.0 Å². The van der Waals surface area contributed by atoms with E-state index in [2.05, 4.69) is 34.7 Å². The molecule has 9 heterocycles. The molecule has 704 valence electrons. The zero-order valence-corrected chi connectivity index (χ0v) is 73.4. The summed E-state index contributed by atoms with van der Waals surface area (Å²) in [7, 11) is 0. The summed E-state index contributed by atoms with van der Waals surface area (Å²) in [6.07, 6.45) is -4.16. The number of aliphatic hydroxyl groups excluding tert-OH is 2. The molecule has 0 bridgehead atoms. The molecule has 2 atom stereocenters. The molecule has 0 saturated carbocycles. The Labute approximate surface area is 779 Å². The maximum Gasteiger partial charge on any atom is 0.573 e. The molecular formula is C98H76Cl2F11N11O15. The Hall–Kier alpha value is -15.3. The van der Waals surface area contributed by atoms with Gasteiger partial charge in [-0.05, 0) is 185 Å². The zero-order chi connectivity index (χ0) is 98.1. The highest BCUT2D eigenvalue weighted by Gasteiger charge is 2.71. The molecule has 7 N–H and O–H groups in total. The summed E-state index contributed by atoms with van der Waals surface area (Å²) in [5.41, 5.74) is 9.09. The number of aromatic hydroxyl groups is 1. The van der Waals surface area contributed by atoms with Crippen LogP contribution < -0.4 is 45.2 Å². The number of pyridine rings is 5. The van der Waals surface area contributed by atoms with Crippen molar-refractivity contribution in [2.24, 2.45) is 4.99 Å². The first-order valence-corrected chi connectivity index (χ1v) is 42.3. The number of rotatable bonds is 24. The van der Waals surface area contributed by atoms with Crippen LogP contribution in [0.5, 0.6) is 28.7 Å². The number of ether oxygens (including phenoxy) is 4. The molecule has 0 spiro atoms. The van der Waals surface area contributed by atoms with Crippen molar-refractivity contribution in [2.75, 3.05) is 35.7 Å². The number of phenols is 1. The number of aliphatic imine (C=N–C) groups is 1. The zero-order valence-electron chi connectivity index (χ0n) is 71.9. The number of halogens is 13. The second-order valence-corrected chi connectivity index (χ2v) is 31.5. The normalized spacial score (nSPS) is 13.3. The fourth-order valence-corrected chi connectivity index (χ4v) is 16.1. The number of benzene rings is 8. The predicted molar refractivity (Wildman–Crippen MR) is 485 cm³/mol. The number of phenolic OH excluding ortho intramolecular Hbond substituents is 1. The van der Waals surface area contributed by atoms with Crippen LogP contribution in [0.4, 0.5) is 65.4 Å². The highest BCUT2D eigenvalue weighted by Crippen LogP contribution is 2.52. The van der Waals surface area contributed by atoms with Crippen molar-refractivity contribution in [3.8, 4) is 56.9 Å². The third-order valence-electron chi connectivity index (χ3n) is 21.9. The van der Waals surface area contributed by atoms with Crippen LogP contribution in [0.3, 0.4) is 0 Å². The summed E-state index contributed by atoms with van der Waals surface area (Å²) in [4.78, 5) is 87.3. The first kappa shape index (κ1) is 97.7. The van der Waals surface area contributed by atoms with Crippen LogP contribution in [-0.2, 0) is 36.5 Å². The number of hydrogen-bond donors (Lipinski definition) is 6. The number of nitrogens with one attached hydrogen (secondary N) is 1. The van der Waals surface area contributed by atoms with E-state index in [-0.39, 0.29) is 98.6 Å². The van der Waals surface area contributed by atoms with Gasteiger partial charge in [-0.1, -0.05) is 102 Å². The molecule has 17 rings (SSSR count). The van der Waals surface area contributed by atoms with Gasteiger partial charge in [0, 0.05) is 126 Å². The van der Waals surface area contributed by atoms with Gasteiger partial charge in [0.25, 0.3) is 23.0 Å². The van der Waals surface area contributed by atoms with Crippen molar-refractivity contribution in [3.63, 3.8) is 0 Å². The van der Waals surface area contributed by atoms with Gasteiger partial charge in [-0.3, -0.25) is 43.9 Å². The molecule has 0 aliphatic carbocycles. The fraction of sp³-hybridized carbons (Fsp3) is 0.184. The second kappa shape index (κ2) is 41.3. The van der Waals surface area contributed by atoms with Crippen LogP contribution in [0, 0.1) is 5.21 Å². The van der Waals surface area contributed by atoms with E-state index >= 15 is 0 Å². The molecule has 2 aliphatic rings. The van der Waals surface area contributed by atoms with E-state index < -0.39 is 65.9 Å². The minimum absolute atomic E-state index is 0.00381. The number of ketones is 2. The summed E-state index contributed by atoms with van der Waals surface area (Å²) in [5, 5.41) is 62.5. The summed E-state index contributed by atoms with van der Waals surface area (Å²) in [6, 6.07) is 47.8. The van der Waals surface area contributed by atoms with Gasteiger partial charge in [0.05, 0.1) is 64.5 Å². The molecule has 26 nitrogen and oxygen atoms in total. The molecule has 0 fully saturated rings. The largest absolute Gasteiger partial charge is 0.619 e. The van der Waals surface area contributed by atoms with E-state index in [9.17, 15) is 97.9 Å². The van der Waals surface area contributed by atoms with Gasteiger partial charge < -0.3 is 64.9 Å². The number of hydrogen-bond acceptors (Lipinski definition) is 22. The van der Waals surface area contributed by atoms with Gasteiger partial charge in [0.1, 0.15) is 11.7 Å². The minimum atomic E-state index is -6.16. The van der Waals surface area contributed by atoms with E-state index in [1.807, 2.05) is 111 Å². The lowest BCUT2D eigenvalue weighted by Gasteiger charge is -2.33. The standard InChI is InChI=1S/C34H30N4O5.C24H16F11NO4.C24H20N4O2.C16H10Cl2N2O4/c1-3-42-29-15-23-14-24(19-39)28(20-40)32(27(23)17-30(29)43-4-2)21-11-13-36-31(16-21)38-34(41)26-10-6-5-9-25(26)33(37-38)22-8-7-12-35-18-22;25-20(26)39-18-6-3-15(12-19(18)40-24(33,34)35)17(11-13-7-9-36(38)10-8-13)14-1-4-16(5-2-14)21(37,22(27,28)29)23(30,31)32;25-18-11-16-8-10-28-23(16)19(12-18)22(15-5-2-1-3-6-15)27-20(24(28)30)13-21(29)17-7-4-9-26-14-17;1-7(21)13-4-9-8(2-3-12(22)15(9)24-13)16(23)20-14-10(17)5-19-6-11(14)18/h5-18,39-40H,3-4,19-20H2,1-2H3;1-10,12,17,20,37H,11H2;1-7,9,11-12,14,20H,8,10,13,25H2;2-6,22H,1H3,(H,19,20,23)/t;;20-;/m..0./s1. The Kier molecular flexibility index (Phi) is 29.4. The number of nitrogens with zero attached hydrogens (tertiary/aromatic N) is 9. The lowest BCUT2D eigenvalue weighted by atomic mass is 9.84. The Morgan fingerprint density at radius 1 is 0.672 bits per heavy atom. The molecule has 137 heavy (non-hydrogen) atoms. The van der Waals surface area contributed by atoms with Gasteiger partial charge in [0.2, 0.25) is 0 Å². The number of fused-ring (bicyclic) bond motifs is 3. The number of anilines is 3. The van der Waals surface area contributed by atoms with Crippen LogP contribution >= 0.6 is 23.2 Å². The number of aromatic nitrogens is 7. The van der Waals surface area contributed by atoms with Crippen molar-refractivity contribution >= 4 is 102 Å². The van der Waals surface area contributed by atoms with E-state index in [0.717, 1.165) is 75.7 Å². The molecular weight excluding hydrogens is 1850 g/mol. The Balaban J connectivity index is 0.000000149. The lowest BCUT2D eigenvalue weighted by molar-refractivity contribution is -0.605. The molecule has 2 aliphatic heterocycles. The van der Waals surface area contributed by atoms with Crippen LogP contribution in [-0.4, -0.2) is 130 Å². The number of carbonyl (C=O) groups is 4. The summed E-state index contributed by atoms with van der Waals surface area (Å²) in [5.74, 6) is -3.13. The number of amides is 2. The first-order chi connectivity index (χ1) is 65.4. The average molecular weight is 1930 g/mol. The Morgan fingerprint density at radius 2 is 1.33 bits per heavy atom. The monoisotopic (exact) mass is 1930 g/mol. The van der Waals surface area contributed by atoms with Crippen LogP contribution in [0.1, 0.15) is 114 Å². The second-order valence-electron chi connectivity index (χ2n) is 30.6. The summed E-state index contributed by atoms with van der Waals surface area (Å²) < 4.78 is 170. The smallest absolute Gasteiger partial charge is 0.573 e. The van der Waals surface area contributed by atoms with E-state index in [0.29, 0.717) is 133 Å². The quantitative estimate of drug-likeness (QED) is 0.0108. The van der Waals surface area contributed by atoms with Crippen molar-refractivity contribution < 1.29 is 116 Å². The number of furan rings is 1. The van der Waals surface area contributed by atoms with Gasteiger partial charge in [-0.15, -0.1) is 13.2 Å². The number of aliphatic hydroxyl groups is 3. The molecule has 1 unspecified atom stereocenters. The third kappa shape index (κ3) is 21.4. The van der Waals surface area contributed by atoms with Gasteiger partial charge >= 0.3 is 25.3 Å². The molecule has 7 aromatic heterocycles. The van der Waals surface area contributed by atoms with Crippen LogP contribution in [0.15, 0.2) is 264 Å². The van der Waals surface area contributed by atoms with Crippen molar-refractivity contribution in [1.29, 1.82) is 0 Å². The van der Waals surface area contributed by atoms with E-state index in [1.165, 1.54) is 60.5 Å². The molecule has 15 aromatic rings. The average Bonchev–Trinajstić information content (AvgIpc) is 1.74. The minimum Gasteiger partial charge on any atom is -0.619 e. The molecule has 0 saturated heterocycles. The SMILES string of the molecule is CC(=O)c1cc2c(C(=O)Nc3c(Cl)cncc3Cl)ccc(O)c2o1.CCOc1cc2cc(CO)c(CO)c(-c3ccnc(-n4nc(-c5cccnc5)c5ccccc5c4=O)c3)c2cc1OCC.Nc1cc2c3c(c1)C(c1ccccc1)=N[C@@H](CC(=O)c1cccnc1)C(=O)N3CC2.[O-][n+]1ccc(CC(c2ccc(C(O)(C(F)(F)F)C(F)(F)F)cc2)c2ccc(OC(F)F)c(OC(F)(F)F)c2)cc1. The number of Topliss-reactive ketones (excluding diaryl/α,β-unsaturated/α-hetero) is 2. The molecule has 2 amide bonds. The summed E-state index contributed by atoms with van der Waals surface area (Å²) >= 11 is 12.0. The van der Waals surface area contributed by atoms with Gasteiger partial charge in [0.15, 0.2) is 69.9 Å². The maximum atomic E-state index is 13.8. The Morgan fingerprint density at radius 3 is 1.96 bits per heavy atom. The highest BCUT2D eigenvalue weighted by atomic mass is 35.5. The number of nitrogens with two attached hydrogens (primary N) is 1. The fourth-order valence-electron chi connectivity index (χ4n) is 15.7. The maximum absolute atomic E-state index is 13.8. The lowest BCUT2D eigenvalue weighted by Crippen LogP contribution is -2.53. The van der Waals surface area contributed by atoms with E-state index in [4.69, 9.17) is 52.9 Å². The molecule has 0 radical (unpaired) electrons. The van der Waals surface area contributed by atoms with Gasteiger partial charge in [-0.25, -0.2) is 4.98 Å². The number of nitrogen functional groups attached to an aromatic ring is 1.